The first kappa shape index (κ1) is 11.0. The predicted molar refractivity (Wildman–Crippen MR) is 69.8 cm³/mol. The highest BCUT2D eigenvalue weighted by Crippen LogP contribution is 2.31. The van der Waals surface area contributed by atoms with Crippen LogP contribution in [-0.4, -0.2) is 4.57 Å². The van der Waals surface area contributed by atoms with E-state index in [1.54, 1.807) is 0 Å². The van der Waals surface area contributed by atoms with Crippen molar-refractivity contribution in [2.75, 3.05) is 0 Å². The molecule has 1 heterocycles. The zero-order valence-corrected chi connectivity index (χ0v) is 10.8. The smallest absolute Gasteiger partial charge is 0.0219 e. The quantitative estimate of drug-likeness (QED) is 0.676. The Morgan fingerprint density at radius 2 is 1.50 bits per heavy atom. The van der Waals surface area contributed by atoms with Gasteiger partial charge in [0, 0.05) is 24.5 Å². The zero-order chi connectivity index (χ0) is 11.9. The average molecular weight is 213 g/mol. The normalized spacial score (nSPS) is 10.8. The van der Waals surface area contributed by atoms with Gasteiger partial charge in [0.2, 0.25) is 0 Å². The average Bonchev–Trinajstić information content (AvgIpc) is 2.48. The summed E-state index contributed by atoms with van der Waals surface area (Å²) in [6, 6.07) is 6.73. The van der Waals surface area contributed by atoms with Crippen molar-refractivity contribution in [3.05, 3.63) is 46.8 Å². The van der Waals surface area contributed by atoms with Crippen molar-refractivity contribution in [3.8, 4) is 11.1 Å². The van der Waals surface area contributed by atoms with Gasteiger partial charge in [-0.1, -0.05) is 17.7 Å². The molecule has 1 aromatic heterocycles. The van der Waals surface area contributed by atoms with E-state index in [9.17, 15) is 0 Å². The van der Waals surface area contributed by atoms with E-state index in [1.165, 1.54) is 33.5 Å². The molecule has 0 saturated heterocycles. The standard InChI is InChI=1S/C15H19N/c1-10-8-11(2)15(12(3)9-10)14-6-7-16(5)13(14)4/h6-9H,1-5H3. The maximum Gasteiger partial charge on any atom is 0.0219 e. The molecule has 0 saturated carbocycles. The van der Waals surface area contributed by atoms with E-state index in [4.69, 9.17) is 0 Å². The van der Waals surface area contributed by atoms with Gasteiger partial charge in [-0.05, 0) is 50.5 Å². The second kappa shape index (κ2) is 3.82. The Balaban J connectivity index is 2.69. The van der Waals surface area contributed by atoms with E-state index >= 15 is 0 Å². The SMILES string of the molecule is Cc1cc(C)c(-c2ccn(C)c2C)c(C)c1. The number of aryl methyl sites for hydroxylation is 4. The lowest BCUT2D eigenvalue weighted by Gasteiger charge is -2.11. The van der Waals surface area contributed by atoms with Crippen molar-refractivity contribution < 1.29 is 0 Å². The van der Waals surface area contributed by atoms with Crippen LogP contribution in [0.5, 0.6) is 0 Å². The molecule has 0 aliphatic rings. The first-order valence-corrected chi connectivity index (χ1v) is 5.71. The zero-order valence-electron chi connectivity index (χ0n) is 10.8. The Bertz CT molecular complexity index is 509. The largest absolute Gasteiger partial charge is 0.354 e. The molecule has 0 amide bonds. The van der Waals surface area contributed by atoms with Gasteiger partial charge in [0.1, 0.15) is 0 Å². The minimum atomic E-state index is 1.33. The Kier molecular flexibility index (Phi) is 2.63. The highest BCUT2D eigenvalue weighted by Gasteiger charge is 2.10. The first-order chi connectivity index (χ1) is 7.50. The van der Waals surface area contributed by atoms with Gasteiger partial charge in [0.15, 0.2) is 0 Å². The van der Waals surface area contributed by atoms with Crippen LogP contribution in [0.4, 0.5) is 0 Å². The van der Waals surface area contributed by atoms with E-state index < -0.39 is 0 Å². The molecule has 1 aromatic carbocycles. The fraction of sp³-hybridized carbons (Fsp3) is 0.333. The molecule has 1 heteroatoms. The molecule has 0 atom stereocenters. The van der Waals surface area contributed by atoms with Crippen LogP contribution in [0, 0.1) is 27.7 Å². The summed E-state index contributed by atoms with van der Waals surface area (Å²) in [5.41, 5.74) is 8.15. The second-order valence-electron chi connectivity index (χ2n) is 4.70. The third kappa shape index (κ3) is 1.67. The third-order valence-electron chi connectivity index (χ3n) is 3.33. The van der Waals surface area contributed by atoms with Crippen LogP contribution in [-0.2, 0) is 7.05 Å². The van der Waals surface area contributed by atoms with Crippen LogP contribution in [0.1, 0.15) is 22.4 Å². The maximum absolute atomic E-state index is 2.26. The van der Waals surface area contributed by atoms with Gasteiger partial charge in [-0.3, -0.25) is 0 Å². The number of benzene rings is 1. The molecule has 0 aliphatic heterocycles. The van der Waals surface area contributed by atoms with E-state index in [0.717, 1.165) is 0 Å². The number of nitrogens with zero attached hydrogens (tertiary/aromatic N) is 1. The van der Waals surface area contributed by atoms with Gasteiger partial charge in [-0.2, -0.15) is 0 Å². The molecule has 0 spiro atoms. The summed E-state index contributed by atoms with van der Waals surface area (Å²) in [5.74, 6) is 0. The summed E-state index contributed by atoms with van der Waals surface area (Å²) in [6.07, 6.45) is 2.13. The summed E-state index contributed by atoms with van der Waals surface area (Å²) in [7, 11) is 2.09. The maximum atomic E-state index is 2.26. The number of aromatic nitrogens is 1. The summed E-state index contributed by atoms with van der Waals surface area (Å²) in [5, 5.41) is 0. The molecule has 2 aromatic rings. The van der Waals surface area contributed by atoms with E-state index in [1.807, 2.05) is 0 Å². The van der Waals surface area contributed by atoms with Crippen LogP contribution in [0.2, 0.25) is 0 Å². The van der Waals surface area contributed by atoms with Crippen LogP contribution >= 0.6 is 0 Å². The van der Waals surface area contributed by atoms with Crippen LogP contribution in [0.15, 0.2) is 24.4 Å². The van der Waals surface area contributed by atoms with Gasteiger partial charge in [-0.15, -0.1) is 0 Å². The molecule has 0 fully saturated rings. The predicted octanol–water partition coefficient (Wildman–Crippen LogP) is 3.93. The molecule has 0 aliphatic carbocycles. The first-order valence-electron chi connectivity index (χ1n) is 5.71. The molecule has 1 nitrogen and oxygen atoms in total. The lowest BCUT2D eigenvalue weighted by atomic mass is 9.94. The van der Waals surface area contributed by atoms with E-state index in [0.29, 0.717) is 0 Å². The molecule has 84 valence electrons. The fourth-order valence-electron chi connectivity index (χ4n) is 2.48. The summed E-state index contributed by atoms with van der Waals surface area (Å²) in [4.78, 5) is 0. The summed E-state index contributed by atoms with van der Waals surface area (Å²) >= 11 is 0. The molecular formula is C15H19N. The third-order valence-corrected chi connectivity index (χ3v) is 3.33. The van der Waals surface area contributed by atoms with Crippen molar-refractivity contribution in [1.29, 1.82) is 0 Å². The molecule has 2 rings (SSSR count). The molecule has 0 bridgehead atoms. The number of hydrogen-bond donors (Lipinski definition) is 0. The fourth-order valence-corrected chi connectivity index (χ4v) is 2.48. The van der Waals surface area contributed by atoms with Gasteiger partial charge in [0.25, 0.3) is 0 Å². The van der Waals surface area contributed by atoms with Crippen molar-refractivity contribution in [2.45, 2.75) is 27.7 Å². The molecule has 0 N–H and O–H groups in total. The monoisotopic (exact) mass is 213 g/mol. The van der Waals surface area contributed by atoms with Crippen molar-refractivity contribution in [2.24, 2.45) is 7.05 Å². The Morgan fingerprint density at radius 3 is 1.94 bits per heavy atom. The highest BCUT2D eigenvalue weighted by molar-refractivity contribution is 5.73. The van der Waals surface area contributed by atoms with E-state index in [2.05, 4.69) is 63.7 Å². The van der Waals surface area contributed by atoms with Crippen molar-refractivity contribution >= 4 is 0 Å². The minimum Gasteiger partial charge on any atom is -0.354 e. The molecule has 0 radical (unpaired) electrons. The number of hydrogen-bond acceptors (Lipinski definition) is 0. The Hall–Kier alpha value is -1.50. The van der Waals surface area contributed by atoms with Gasteiger partial charge in [-0.25, -0.2) is 0 Å². The van der Waals surface area contributed by atoms with Gasteiger partial charge < -0.3 is 4.57 Å². The van der Waals surface area contributed by atoms with Crippen molar-refractivity contribution in [1.82, 2.24) is 4.57 Å². The second-order valence-corrected chi connectivity index (χ2v) is 4.70. The topological polar surface area (TPSA) is 4.93 Å². The Labute approximate surface area is 97.7 Å². The summed E-state index contributed by atoms with van der Waals surface area (Å²) < 4.78 is 2.17. The number of rotatable bonds is 1. The van der Waals surface area contributed by atoms with Crippen LogP contribution in [0.25, 0.3) is 11.1 Å². The van der Waals surface area contributed by atoms with Crippen molar-refractivity contribution in [3.63, 3.8) is 0 Å². The Morgan fingerprint density at radius 1 is 0.938 bits per heavy atom. The van der Waals surface area contributed by atoms with Gasteiger partial charge >= 0.3 is 0 Å². The highest BCUT2D eigenvalue weighted by atomic mass is 14.9. The molecular weight excluding hydrogens is 194 g/mol. The lowest BCUT2D eigenvalue weighted by Crippen LogP contribution is -1.93. The minimum absolute atomic E-state index is 1.33. The van der Waals surface area contributed by atoms with Crippen LogP contribution in [0.3, 0.4) is 0 Å². The molecule has 16 heavy (non-hydrogen) atoms. The lowest BCUT2D eigenvalue weighted by molar-refractivity contribution is 0.883. The van der Waals surface area contributed by atoms with Crippen LogP contribution < -0.4 is 0 Å². The van der Waals surface area contributed by atoms with Gasteiger partial charge in [0.05, 0.1) is 0 Å². The molecule has 0 unspecified atom stereocenters. The summed E-state index contributed by atoms with van der Waals surface area (Å²) in [6.45, 7) is 8.72. The van der Waals surface area contributed by atoms with E-state index in [-0.39, 0.29) is 0 Å².